The lowest BCUT2D eigenvalue weighted by Crippen LogP contribution is -2.52. The smallest absolute Gasteiger partial charge is 0.259 e. The third-order valence-electron chi connectivity index (χ3n) is 9.01. The van der Waals surface area contributed by atoms with Crippen molar-refractivity contribution in [2.45, 2.75) is 51.5 Å². The topological polar surface area (TPSA) is 97.3 Å². The fourth-order valence-electron chi connectivity index (χ4n) is 7.67. The van der Waals surface area contributed by atoms with Gasteiger partial charge >= 0.3 is 0 Å². The average Bonchev–Trinajstić information content (AvgIpc) is 2.93. The number of hydrogen-bond acceptors (Lipinski definition) is 6. The van der Waals surface area contributed by atoms with E-state index in [1.54, 1.807) is 23.2 Å². The number of carbonyl (C=O) groups excluding carboxylic acids is 2. The maximum absolute atomic E-state index is 13.6. The lowest BCUT2D eigenvalue weighted by atomic mass is 9.49. The number of anilines is 1. The molecule has 4 aliphatic carbocycles. The second-order valence-corrected chi connectivity index (χ2v) is 11.5. The molecular weight excluding hydrogens is 478 g/mol. The second-order valence-electron chi connectivity index (χ2n) is 11.5. The first kappa shape index (κ1) is 23.3. The molecule has 8 heteroatoms. The Kier molecular flexibility index (Phi) is 5.64. The molecule has 1 aromatic carbocycles. The molecule has 194 valence electrons. The van der Waals surface area contributed by atoms with Crippen LogP contribution in [0.4, 0.5) is 5.82 Å². The lowest BCUT2D eigenvalue weighted by molar-refractivity contribution is -0.140. The molecule has 2 amide bonds. The van der Waals surface area contributed by atoms with Crippen molar-refractivity contribution < 1.29 is 14.3 Å². The van der Waals surface area contributed by atoms with Crippen LogP contribution in [0.5, 0.6) is 11.6 Å². The summed E-state index contributed by atoms with van der Waals surface area (Å²) >= 11 is 0. The number of ether oxygens (including phenoxy) is 1. The summed E-state index contributed by atoms with van der Waals surface area (Å²) in [5.74, 6) is 3.59. The van der Waals surface area contributed by atoms with Gasteiger partial charge in [0.1, 0.15) is 23.5 Å². The van der Waals surface area contributed by atoms with Gasteiger partial charge in [0, 0.05) is 18.3 Å². The standard InChI is InChI=1S/C30H31N5O3/c36-28(24-7-4-9-31-27(24)38-22-5-2-1-3-6-22)35-10-8-23-25(17-35)32-18-33-26(23)34-29(37)30-14-19-11-20(15-30)13-21(12-19)16-30/h1-7,9,18-21H,8,10-17H2,(H,32,33,34,37). The minimum absolute atomic E-state index is 0.133. The fraction of sp³-hybridized carbons (Fsp3) is 0.433. The molecule has 0 radical (unpaired) electrons. The minimum atomic E-state index is -0.237. The highest BCUT2D eigenvalue weighted by atomic mass is 16.5. The summed E-state index contributed by atoms with van der Waals surface area (Å²) in [5.41, 5.74) is 1.87. The Balaban J connectivity index is 1.08. The molecule has 4 fully saturated rings. The van der Waals surface area contributed by atoms with Gasteiger partial charge in [-0.2, -0.15) is 0 Å². The number of carbonyl (C=O) groups is 2. The molecule has 1 N–H and O–H groups in total. The molecule has 38 heavy (non-hydrogen) atoms. The van der Waals surface area contributed by atoms with Crippen molar-refractivity contribution >= 4 is 17.6 Å². The molecule has 4 saturated carbocycles. The van der Waals surface area contributed by atoms with Gasteiger partial charge < -0.3 is 15.0 Å². The van der Waals surface area contributed by atoms with Gasteiger partial charge in [0.2, 0.25) is 11.8 Å². The number of benzene rings is 1. The van der Waals surface area contributed by atoms with Gasteiger partial charge in [0.05, 0.1) is 17.7 Å². The summed E-state index contributed by atoms with van der Waals surface area (Å²) in [7, 11) is 0. The number of fused-ring (bicyclic) bond motifs is 1. The predicted molar refractivity (Wildman–Crippen MR) is 140 cm³/mol. The lowest BCUT2D eigenvalue weighted by Gasteiger charge is -2.55. The number of amides is 2. The maximum Gasteiger partial charge on any atom is 0.259 e. The van der Waals surface area contributed by atoms with Crippen LogP contribution < -0.4 is 10.1 Å². The van der Waals surface area contributed by atoms with Gasteiger partial charge in [0.15, 0.2) is 0 Å². The zero-order chi connectivity index (χ0) is 25.7. The van der Waals surface area contributed by atoms with Gasteiger partial charge in [-0.25, -0.2) is 15.0 Å². The molecule has 8 rings (SSSR count). The number of nitrogens with zero attached hydrogens (tertiary/aromatic N) is 4. The fourth-order valence-corrected chi connectivity index (χ4v) is 7.67. The third-order valence-corrected chi connectivity index (χ3v) is 9.01. The van der Waals surface area contributed by atoms with Crippen molar-refractivity contribution in [1.29, 1.82) is 0 Å². The Morgan fingerprint density at radius 2 is 1.66 bits per heavy atom. The molecule has 8 nitrogen and oxygen atoms in total. The Hall–Kier alpha value is -3.81. The van der Waals surface area contributed by atoms with E-state index in [1.165, 1.54) is 25.6 Å². The van der Waals surface area contributed by atoms with Crippen molar-refractivity contribution in [2.75, 3.05) is 11.9 Å². The molecule has 2 aromatic heterocycles. The first-order valence-corrected chi connectivity index (χ1v) is 13.7. The summed E-state index contributed by atoms with van der Waals surface area (Å²) in [6.45, 7) is 0.843. The highest BCUT2D eigenvalue weighted by Crippen LogP contribution is 2.60. The highest BCUT2D eigenvalue weighted by molar-refractivity contribution is 5.97. The summed E-state index contributed by atoms with van der Waals surface area (Å²) in [6, 6.07) is 12.8. The molecule has 0 atom stereocenters. The number of nitrogens with one attached hydrogen (secondary N) is 1. The van der Waals surface area contributed by atoms with Crippen LogP contribution in [0.15, 0.2) is 55.0 Å². The molecule has 3 heterocycles. The summed E-state index contributed by atoms with van der Waals surface area (Å²) < 4.78 is 5.92. The van der Waals surface area contributed by atoms with E-state index < -0.39 is 0 Å². The van der Waals surface area contributed by atoms with E-state index in [1.807, 2.05) is 30.3 Å². The van der Waals surface area contributed by atoms with Crippen LogP contribution in [0.3, 0.4) is 0 Å². The number of para-hydroxylation sites is 1. The van der Waals surface area contributed by atoms with Crippen molar-refractivity contribution in [1.82, 2.24) is 19.9 Å². The Bertz CT molecular complexity index is 1360. The second kappa shape index (κ2) is 9.19. The van der Waals surface area contributed by atoms with Crippen molar-refractivity contribution in [2.24, 2.45) is 23.2 Å². The third kappa shape index (κ3) is 4.12. The zero-order valence-electron chi connectivity index (χ0n) is 21.3. The van der Waals surface area contributed by atoms with E-state index in [-0.39, 0.29) is 23.1 Å². The van der Waals surface area contributed by atoms with Crippen LogP contribution in [0.1, 0.15) is 60.1 Å². The van der Waals surface area contributed by atoms with Crippen LogP contribution >= 0.6 is 0 Å². The van der Waals surface area contributed by atoms with E-state index in [0.29, 0.717) is 54.4 Å². The molecule has 0 unspecified atom stereocenters. The van der Waals surface area contributed by atoms with Crippen molar-refractivity contribution in [3.63, 3.8) is 0 Å². The number of pyridine rings is 1. The largest absolute Gasteiger partial charge is 0.438 e. The number of rotatable bonds is 5. The van der Waals surface area contributed by atoms with Gasteiger partial charge in [-0.15, -0.1) is 0 Å². The van der Waals surface area contributed by atoms with Gasteiger partial charge in [-0.1, -0.05) is 18.2 Å². The summed E-state index contributed by atoms with van der Waals surface area (Å²) in [6.07, 6.45) is 10.6. The predicted octanol–water partition coefficient (Wildman–Crippen LogP) is 5.02. The Morgan fingerprint density at radius 3 is 2.39 bits per heavy atom. The first-order chi connectivity index (χ1) is 18.6. The number of aromatic nitrogens is 3. The van der Waals surface area contributed by atoms with Crippen molar-refractivity contribution in [3.8, 4) is 11.6 Å². The highest BCUT2D eigenvalue weighted by Gasteiger charge is 2.54. The van der Waals surface area contributed by atoms with Crippen LogP contribution in [-0.4, -0.2) is 38.2 Å². The van der Waals surface area contributed by atoms with Crippen molar-refractivity contribution in [3.05, 3.63) is 71.8 Å². The molecule has 0 spiro atoms. The van der Waals surface area contributed by atoms with E-state index in [4.69, 9.17) is 4.74 Å². The zero-order valence-corrected chi connectivity index (χ0v) is 21.3. The number of hydrogen-bond donors (Lipinski definition) is 1. The van der Waals surface area contributed by atoms with Crippen LogP contribution in [0, 0.1) is 23.2 Å². The average molecular weight is 510 g/mol. The Labute approximate surface area is 221 Å². The minimum Gasteiger partial charge on any atom is -0.438 e. The van der Waals surface area contributed by atoms with E-state index >= 15 is 0 Å². The van der Waals surface area contributed by atoms with Crippen LogP contribution in [0.25, 0.3) is 0 Å². The Morgan fingerprint density at radius 1 is 0.921 bits per heavy atom. The van der Waals surface area contributed by atoms with Gasteiger partial charge in [-0.3, -0.25) is 9.59 Å². The molecule has 0 saturated heterocycles. The van der Waals surface area contributed by atoms with Gasteiger partial charge in [-0.05, 0) is 87.0 Å². The normalized spacial score (nSPS) is 27.1. The van der Waals surface area contributed by atoms with Gasteiger partial charge in [0.25, 0.3) is 5.91 Å². The molecular formula is C30H31N5O3. The monoisotopic (exact) mass is 509 g/mol. The SMILES string of the molecule is O=C(c1cccnc1Oc1ccccc1)N1CCc2c(ncnc2NC(=O)C23CC4CC(CC(C4)C2)C3)C1. The molecule has 4 bridgehead atoms. The van der Waals surface area contributed by atoms with E-state index in [9.17, 15) is 9.59 Å². The first-order valence-electron chi connectivity index (χ1n) is 13.7. The summed E-state index contributed by atoms with van der Waals surface area (Å²) in [5, 5.41) is 3.22. The van der Waals surface area contributed by atoms with E-state index in [0.717, 1.165) is 30.5 Å². The summed E-state index contributed by atoms with van der Waals surface area (Å²) in [4.78, 5) is 42.2. The van der Waals surface area contributed by atoms with Crippen LogP contribution in [0.2, 0.25) is 0 Å². The molecule has 3 aromatic rings. The van der Waals surface area contributed by atoms with Crippen LogP contribution in [-0.2, 0) is 17.8 Å². The maximum atomic E-state index is 13.6. The van der Waals surface area contributed by atoms with E-state index in [2.05, 4.69) is 20.3 Å². The molecule has 1 aliphatic heterocycles. The quantitative estimate of drug-likeness (QED) is 0.519. The molecule has 5 aliphatic rings.